The van der Waals surface area contributed by atoms with Crippen LogP contribution in [0.5, 0.6) is 0 Å². The van der Waals surface area contributed by atoms with Crippen molar-refractivity contribution in [2.24, 2.45) is 0 Å². The summed E-state index contributed by atoms with van der Waals surface area (Å²) in [5, 5.41) is 2.83. The molecule has 0 saturated heterocycles. The van der Waals surface area contributed by atoms with Crippen molar-refractivity contribution in [1.29, 1.82) is 0 Å². The predicted octanol–water partition coefficient (Wildman–Crippen LogP) is 6.08. The number of fused-ring (bicyclic) bond motifs is 3. The second-order valence-corrected chi connectivity index (χ2v) is 9.03. The largest absolute Gasteiger partial charge is 0.322 e. The number of nitrogens with zero attached hydrogens (tertiary/aromatic N) is 1. The molecule has 0 saturated carbocycles. The maximum Gasteiger partial charge on any atom is 0.322 e. The van der Waals surface area contributed by atoms with Gasteiger partial charge in [0, 0.05) is 22.0 Å². The molecule has 30 heavy (non-hydrogen) atoms. The molecule has 2 aromatic carbocycles. The number of benzene rings is 2. The zero-order valence-electron chi connectivity index (χ0n) is 16.5. The minimum absolute atomic E-state index is 0.265. The molecule has 1 aliphatic heterocycles. The molecule has 154 valence electrons. The summed E-state index contributed by atoms with van der Waals surface area (Å²) in [6.07, 6.45) is 5.43. The molecule has 2 amide bonds. The Bertz CT molecular complexity index is 1090. The topological polar surface area (TPSA) is 32.3 Å². The van der Waals surface area contributed by atoms with E-state index in [-0.39, 0.29) is 17.9 Å². The van der Waals surface area contributed by atoms with Gasteiger partial charge < -0.3 is 10.2 Å². The highest BCUT2D eigenvalue weighted by atomic mass is 32.1. The fourth-order valence-corrected chi connectivity index (χ4v) is 6.19. The SMILES string of the molecule is O=C(Nc1cccc(F)c1)N1CCc2c(sc3c2CCCC3)C1c1ccc(F)cc1. The maximum absolute atomic E-state index is 13.6. The van der Waals surface area contributed by atoms with Gasteiger partial charge in [-0.3, -0.25) is 0 Å². The third-order valence-electron chi connectivity index (χ3n) is 6.00. The molecule has 1 N–H and O–H groups in total. The highest BCUT2D eigenvalue weighted by Gasteiger charge is 2.36. The number of amides is 2. The standard InChI is InChI=1S/C24H22F2N2OS/c25-16-10-8-15(9-11-16)22-23-20(19-6-1-2-7-21(19)30-23)12-13-28(22)24(29)27-18-5-3-4-17(26)14-18/h3-5,8-11,14,22H,1-2,6-7,12-13H2,(H,27,29). The Balaban J connectivity index is 1.54. The Kier molecular flexibility index (Phi) is 5.03. The number of urea groups is 1. The van der Waals surface area contributed by atoms with E-state index in [9.17, 15) is 13.6 Å². The van der Waals surface area contributed by atoms with Crippen LogP contribution in [0, 0.1) is 11.6 Å². The highest BCUT2D eigenvalue weighted by molar-refractivity contribution is 7.12. The van der Waals surface area contributed by atoms with Gasteiger partial charge in [-0.05, 0) is 79.1 Å². The summed E-state index contributed by atoms with van der Waals surface area (Å²) < 4.78 is 27.2. The van der Waals surface area contributed by atoms with Gasteiger partial charge in [0.25, 0.3) is 0 Å². The molecule has 1 atom stereocenters. The second-order valence-electron chi connectivity index (χ2n) is 7.89. The summed E-state index contributed by atoms with van der Waals surface area (Å²) in [5.41, 5.74) is 4.16. The fourth-order valence-electron chi connectivity index (χ4n) is 4.61. The van der Waals surface area contributed by atoms with Crippen LogP contribution in [0.2, 0.25) is 0 Å². The highest BCUT2D eigenvalue weighted by Crippen LogP contribution is 2.45. The molecule has 3 nitrogen and oxygen atoms in total. The number of halogens is 2. The Labute approximate surface area is 178 Å². The van der Waals surface area contributed by atoms with E-state index in [0.29, 0.717) is 12.2 Å². The van der Waals surface area contributed by atoms with Gasteiger partial charge in [-0.2, -0.15) is 0 Å². The summed E-state index contributed by atoms with van der Waals surface area (Å²) in [7, 11) is 0. The summed E-state index contributed by atoms with van der Waals surface area (Å²) >= 11 is 1.80. The van der Waals surface area contributed by atoms with Gasteiger partial charge in [0.15, 0.2) is 0 Å². The van der Waals surface area contributed by atoms with Crippen molar-refractivity contribution in [3.63, 3.8) is 0 Å². The van der Waals surface area contributed by atoms with E-state index in [1.165, 1.54) is 58.0 Å². The maximum atomic E-state index is 13.6. The Morgan fingerprint density at radius 2 is 1.77 bits per heavy atom. The molecule has 1 aliphatic carbocycles. The monoisotopic (exact) mass is 424 g/mol. The van der Waals surface area contributed by atoms with Crippen molar-refractivity contribution in [3.05, 3.63) is 86.6 Å². The number of anilines is 1. The molecular formula is C24H22F2N2OS. The van der Waals surface area contributed by atoms with Crippen molar-refractivity contribution in [1.82, 2.24) is 4.90 Å². The first-order valence-electron chi connectivity index (χ1n) is 10.3. The normalized spacial score (nSPS) is 17.9. The number of hydrogen-bond acceptors (Lipinski definition) is 2. The number of rotatable bonds is 2. The van der Waals surface area contributed by atoms with Crippen molar-refractivity contribution >= 4 is 23.1 Å². The van der Waals surface area contributed by atoms with Crippen LogP contribution >= 0.6 is 11.3 Å². The van der Waals surface area contributed by atoms with Gasteiger partial charge in [0.1, 0.15) is 11.6 Å². The molecule has 0 fully saturated rings. The molecule has 2 heterocycles. The Hall–Kier alpha value is -2.73. The van der Waals surface area contributed by atoms with E-state index in [4.69, 9.17) is 0 Å². The van der Waals surface area contributed by atoms with Gasteiger partial charge in [0.2, 0.25) is 0 Å². The lowest BCUT2D eigenvalue weighted by atomic mass is 9.88. The van der Waals surface area contributed by atoms with Crippen LogP contribution < -0.4 is 5.32 Å². The van der Waals surface area contributed by atoms with Crippen molar-refractivity contribution in [2.75, 3.05) is 11.9 Å². The van der Waals surface area contributed by atoms with Gasteiger partial charge in [-0.25, -0.2) is 13.6 Å². The van der Waals surface area contributed by atoms with Gasteiger partial charge in [-0.1, -0.05) is 18.2 Å². The van der Waals surface area contributed by atoms with Crippen molar-refractivity contribution < 1.29 is 13.6 Å². The molecule has 5 rings (SSSR count). The number of thiophene rings is 1. The zero-order chi connectivity index (χ0) is 20.7. The quantitative estimate of drug-likeness (QED) is 0.531. The van der Waals surface area contributed by atoms with Crippen molar-refractivity contribution in [3.8, 4) is 0 Å². The lowest BCUT2D eigenvalue weighted by Crippen LogP contribution is -2.42. The third kappa shape index (κ3) is 3.49. The molecule has 1 unspecified atom stereocenters. The molecular weight excluding hydrogens is 402 g/mol. The minimum Gasteiger partial charge on any atom is -0.312 e. The number of nitrogens with one attached hydrogen (secondary N) is 1. The zero-order valence-corrected chi connectivity index (χ0v) is 17.3. The first-order valence-corrected chi connectivity index (χ1v) is 11.1. The number of hydrogen-bond donors (Lipinski definition) is 1. The summed E-state index contributed by atoms with van der Waals surface area (Å²) in [6.45, 7) is 0.569. The summed E-state index contributed by atoms with van der Waals surface area (Å²) in [4.78, 5) is 17.6. The molecule has 1 aromatic heterocycles. The van der Waals surface area contributed by atoms with Crippen LogP contribution in [0.1, 0.15) is 45.3 Å². The summed E-state index contributed by atoms with van der Waals surface area (Å²) in [6, 6.07) is 11.8. The molecule has 0 spiro atoms. The van der Waals surface area contributed by atoms with E-state index in [0.717, 1.165) is 24.8 Å². The predicted molar refractivity (Wildman–Crippen MR) is 115 cm³/mol. The van der Waals surface area contributed by atoms with E-state index in [2.05, 4.69) is 5.32 Å². The number of carbonyl (C=O) groups excluding carboxylic acids is 1. The van der Waals surface area contributed by atoms with E-state index >= 15 is 0 Å². The van der Waals surface area contributed by atoms with Gasteiger partial charge >= 0.3 is 6.03 Å². The van der Waals surface area contributed by atoms with Gasteiger partial charge in [-0.15, -0.1) is 11.3 Å². The van der Waals surface area contributed by atoms with Crippen LogP contribution in [-0.4, -0.2) is 17.5 Å². The minimum atomic E-state index is -0.394. The van der Waals surface area contributed by atoms with E-state index < -0.39 is 5.82 Å². The summed E-state index contributed by atoms with van der Waals surface area (Å²) in [5.74, 6) is -0.689. The molecule has 6 heteroatoms. The van der Waals surface area contributed by atoms with E-state index in [1.807, 2.05) is 0 Å². The number of carbonyl (C=O) groups is 1. The van der Waals surface area contributed by atoms with Crippen molar-refractivity contribution in [2.45, 2.75) is 38.1 Å². The third-order valence-corrected chi connectivity index (χ3v) is 7.38. The molecule has 0 bridgehead atoms. The van der Waals surface area contributed by atoms with Gasteiger partial charge in [0.05, 0.1) is 6.04 Å². The lowest BCUT2D eigenvalue weighted by molar-refractivity contribution is 0.195. The fraction of sp³-hybridized carbons (Fsp3) is 0.292. The molecule has 0 radical (unpaired) electrons. The van der Waals surface area contributed by atoms with Crippen LogP contribution in [0.25, 0.3) is 0 Å². The molecule has 3 aromatic rings. The van der Waals surface area contributed by atoms with Crippen LogP contribution in [-0.2, 0) is 19.3 Å². The Morgan fingerprint density at radius 3 is 2.57 bits per heavy atom. The average molecular weight is 425 g/mol. The second kappa shape index (κ2) is 7.84. The average Bonchev–Trinajstić information content (AvgIpc) is 3.12. The smallest absolute Gasteiger partial charge is 0.312 e. The van der Waals surface area contributed by atoms with E-state index in [1.54, 1.807) is 40.5 Å². The first kappa shape index (κ1) is 19.2. The van der Waals surface area contributed by atoms with Crippen LogP contribution in [0.4, 0.5) is 19.3 Å². The first-order chi connectivity index (χ1) is 14.6. The van der Waals surface area contributed by atoms with Crippen LogP contribution in [0.15, 0.2) is 48.5 Å². The lowest BCUT2D eigenvalue weighted by Gasteiger charge is -2.36. The number of aryl methyl sites for hydroxylation is 1. The van der Waals surface area contributed by atoms with Crippen LogP contribution in [0.3, 0.4) is 0 Å². The Morgan fingerprint density at radius 1 is 0.967 bits per heavy atom. The molecule has 2 aliphatic rings.